The first kappa shape index (κ1) is 17.0. The number of aromatic nitrogens is 1. The Balaban J connectivity index is 1.62. The van der Waals surface area contributed by atoms with Crippen LogP contribution < -0.4 is 10.2 Å². The van der Waals surface area contributed by atoms with E-state index in [0.29, 0.717) is 17.9 Å². The average Bonchev–Trinajstić information content (AvgIpc) is 3.05. The highest BCUT2D eigenvalue weighted by Crippen LogP contribution is 2.31. The van der Waals surface area contributed by atoms with Crippen LogP contribution in [0.25, 0.3) is 11.0 Å². The second-order valence-electron chi connectivity index (χ2n) is 7.03. The fourth-order valence-electron chi connectivity index (χ4n) is 3.58. The number of benzene rings is 1. The molecule has 2 aliphatic heterocycles. The lowest BCUT2D eigenvalue weighted by Crippen LogP contribution is -2.49. The number of hydrogen-bond acceptors (Lipinski definition) is 6. The molecule has 1 unspecified atom stereocenters. The summed E-state index contributed by atoms with van der Waals surface area (Å²) in [7, 11) is 2.14. The third-order valence-corrected chi connectivity index (χ3v) is 5.35. The van der Waals surface area contributed by atoms with Gasteiger partial charge in [-0.05, 0) is 31.7 Å². The summed E-state index contributed by atoms with van der Waals surface area (Å²) in [6.45, 7) is 6.70. The lowest BCUT2D eigenvalue weighted by molar-refractivity contribution is -0.120. The predicted octanol–water partition coefficient (Wildman–Crippen LogP) is 1.58. The van der Waals surface area contributed by atoms with E-state index in [4.69, 9.17) is 4.52 Å². The molecule has 4 rings (SSSR count). The van der Waals surface area contributed by atoms with Gasteiger partial charge in [0, 0.05) is 45.2 Å². The molecule has 1 N–H and O–H groups in total. The van der Waals surface area contributed by atoms with Crippen molar-refractivity contribution in [3.63, 3.8) is 0 Å². The number of imide groups is 1. The van der Waals surface area contributed by atoms with E-state index in [1.807, 2.05) is 12.1 Å². The minimum Gasteiger partial charge on any atom is -0.354 e. The number of urea groups is 1. The molecule has 8 nitrogen and oxygen atoms in total. The summed E-state index contributed by atoms with van der Waals surface area (Å²) >= 11 is 0. The summed E-state index contributed by atoms with van der Waals surface area (Å²) in [5, 5.41) is 7.20. The quantitative estimate of drug-likeness (QED) is 0.898. The summed E-state index contributed by atoms with van der Waals surface area (Å²) < 4.78 is 5.39. The van der Waals surface area contributed by atoms with Crippen molar-refractivity contribution < 1.29 is 14.1 Å². The number of carbonyl (C=O) groups excluding carboxylic acids is 2. The Morgan fingerprint density at radius 3 is 2.65 bits per heavy atom. The van der Waals surface area contributed by atoms with Crippen molar-refractivity contribution >= 4 is 28.7 Å². The molecule has 0 bridgehead atoms. The van der Waals surface area contributed by atoms with Gasteiger partial charge in [0.25, 0.3) is 0 Å². The highest BCUT2D eigenvalue weighted by molar-refractivity contribution is 6.08. The van der Waals surface area contributed by atoms with Crippen molar-refractivity contribution in [3.8, 4) is 0 Å². The van der Waals surface area contributed by atoms with Crippen molar-refractivity contribution in [3.05, 3.63) is 23.8 Å². The number of likely N-dealkylation sites (N-methyl/N-ethyl adjacent to an activating group) is 1. The van der Waals surface area contributed by atoms with Gasteiger partial charge in [-0.1, -0.05) is 11.2 Å². The van der Waals surface area contributed by atoms with Crippen LogP contribution in [-0.4, -0.2) is 66.7 Å². The first-order chi connectivity index (χ1) is 12.5. The molecule has 2 fully saturated rings. The molecule has 2 saturated heterocycles. The molecule has 1 aromatic carbocycles. The van der Waals surface area contributed by atoms with Crippen LogP contribution in [0.15, 0.2) is 22.7 Å². The maximum Gasteiger partial charge on any atom is 0.329 e. The topological polar surface area (TPSA) is 81.9 Å². The Morgan fingerprint density at radius 1 is 1.15 bits per heavy atom. The molecule has 2 aromatic rings. The van der Waals surface area contributed by atoms with Crippen LogP contribution in [0, 0.1) is 0 Å². The number of piperazine rings is 1. The number of rotatable bonds is 3. The van der Waals surface area contributed by atoms with Gasteiger partial charge in [-0.2, -0.15) is 0 Å². The van der Waals surface area contributed by atoms with Gasteiger partial charge in [-0.15, -0.1) is 0 Å². The number of anilines is 1. The van der Waals surface area contributed by atoms with Gasteiger partial charge >= 0.3 is 6.03 Å². The summed E-state index contributed by atoms with van der Waals surface area (Å²) in [4.78, 5) is 29.8. The molecule has 2 aliphatic rings. The molecule has 0 saturated carbocycles. The smallest absolute Gasteiger partial charge is 0.329 e. The second-order valence-corrected chi connectivity index (χ2v) is 7.03. The van der Waals surface area contributed by atoms with Crippen molar-refractivity contribution in [2.45, 2.75) is 19.4 Å². The van der Waals surface area contributed by atoms with Crippen molar-refractivity contribution in [1.29, 1.82) is 0 Å². The van der Waals surface area contributed by atoms with Crippen LogP contribution in [-0.2, 0) is 4.79 Å². The molecule has 26 heavy (non-hydrogen) atoms. The predicted molar refractivity (Wildman–Crippen MR) is 97.0 cm³/mol. The van der Waals surface area contributed by atoms with Crippen LogP contribution >= 0.6 is 0 Å². The Morgan fingerprint density at radius 2 is 1.92 bits per heavy atom. The van der Waals surface area contributed by atoms with E-state index < -0.39 is 6.03 Å². The zero-order valence-corrected chi connectivity index (χ0v) is 15.1. The molecular weight excluding hydrogens is 334 g/mol. The third-order valence-electron chi connectivity index (χ3n) is 5.35. The minimum atomic E-state index is -0.450. The van der Waals surface area contributed by atoms with E-state index in [1.165, 1.54) is 10.5 Å². The van der Waals surface area contributed by atoms with Crippen LogP contribution in [0.2, 0.25) is 0 Å². The van der Waals surface area contributed by atoms with Gasteiger partial charge < -0.3 is 9.42 Å². The molecule has 3 heterocycles. The van der Waals surface area contributed by atoms with E-state index in [-0.39, 0.29) is 18.4 Å². The lowest BCUT2D eigenvalue weighted by Gasteiger charge is -2.36. The molecule has 1 aromatic heterocycles. The summed E-state index contributed by atoms with van der Waals surface area (Å²) in [6.07, 6.45) is 0.261. The van der Waals surface area contributed by atoms with Crippen molar-refractivity contribution in [2.75, 3.05) is 44.7 Å². The van der Waals surface area contributed by atoms with Gasteiger partial charge in [0.05, 0.1) is 5.39 Å². The molecule has 0 radical (unpaired) electrons. The zero-order chi connectivity index (χ0) is 18.3. The number of hydrogen-bond donors (Lipinski definition) is 1. The van der Waals surface area contributed by atoms with Crippen LogP contribution in [0.5, 0.6) is 0 Å². The largest absolute Gasteiger partial charge is 0.354 e. The zero-order valence-electron chi connectivity index (χ0n) is 15.1. The molecule has 138 valence electrons. The first-order valence-electron chi connectivity index (χ1n) is 8.96. The van der Waals surface area contributed by atoms with Crippen LogP contribution in [0.1, 0.15) is 24.9 Å². The number of nitrogens with one attached hydrogen (secondary N) is 1. The molecular formula is C18H23N5O3. The Hall–Kier alpha value is -2.45. The second kappa shape index (κ2) is 6.69. The third kappa shape index (κ3) is 3.06. The van der Waals surface area contributed by atoms with E-state index in [2.05, 4.69) is 40.3 Å². The molecule has 0 aliphatic carbocycles. The SMILES string of the molecule is CC(c1ccc2onc(N3CCC(=O)NC3=O)c2c1)N1CCN(C)CC1. The Bertz CT molecular complexity index is 840. The first-order valence-corrected chi connectivity index (χ1v) is 8.96. The van der Waals surface area contributed by atoms with E-state index in [0.717, 1.165) is 31.6 Å². The highest BCUT2D eigenvalue weighted by Gasteiger charge is 2.29. The van der Waals surface area contributed by atoms with Gasteiger partial charge in [-0.3, -0.25) is 19.9 Å². The van der Waals surface area contributed by atoms with Crippen molar-refractivity contribution in [1.82, 2.24) is 20.3 Å². The standard InChI is InChI=1S/C18H23N5O3/c1-12(22-9-7-21(2)8-10-22)13-3-4-15-14(11-13)17(20-26-15)23-6-5-16(24)19-18(23)25/h3-4,11-12H,5-10H2,1-2H3,(H,19,24,25). The molecule has 0 spiro atoms. The normalized spacial score (nSPS) is 21.2. The number of fused-ring (bicyclic) bond motifs is 1. The van der Waals surface area contributed by atoms with Gasteiger partial charge in [0.15, 0.2) is 11.4 Å². The number of amides is 3. The molecule has 8 heteroatoms. The lowest BCUT2D eigenvalue weighted by atomic mass is 10.0. The maximum atomic E-state index is 12.1. The van der Waals surface area contributed by atoms with Crippen LogP contribution in [0.3, 0.4) is 0 Å². The summed E-state index contributed by atoms with van der Waals surface area (Å²) in [5.74, 6) is 0.209. The maximum absolute atomic E-state index is 12.1. The van der Waals surface area contributed by atoms with Crippen molar-refractivity contribution in [2.24, 2.45) is 0 Å². The Kier molecular flexibility index (Phi) is 4.37. The highest BCUT2D eigenvalue weighted by atomic mass is 16.5. The van der Waals surface area contributed by atoms with E-state index in [9.17, 15) is 9.59 Å². The fourth-order valence-corrected chi connectivity index (χ4v) is 3.58. The Labute approximate surface area is 151 Å². The van der Waals surface area contributed by atoms with Gasteiger partial charge in [0.1, 0.15) is 0 Å². The monoisotopic (exact) mass is 357 g/mol. The van der Waals surface area contributed by atoms with E-state index >= 15 is 0 Å². The minimum absolute atomic E-state index is 0.261. The fraction of sp³-hybridized carbons (Fsp3) is 0.500. The number of carbonyl (C=O) groups is 2. The average molecular weight is 357 g/mol. The van der Waals surface area contributed by atoms with Gasteiger partial charge in [-0.25, -0.2) is 4.79 Å². The summed E-state index contributed by atoms with van der Waals surface area (Å²) in [6, 6.07) is 5.83. The summed E-state index contributed by atoms with van der Waals surface area (Å²) in [5.41, 5.74) is 1.80. The molecule has 3 amide bonds. The molecule has 1 atom stereocenters. The van der Waals surface area contributed by atoms with Gasteiger partial charge in [0.2, 0.25) is 5.91 Å². The van der Waals surface area contributed by atoms with Crippen LogP contribution in [0.4, 0.5) is 10.6 Å². The number of nitrogens with zero attached hydrogens (tertiary/aromatic N) is 4. The van der Waals surface area contributed by atoms with E-state index in [1.54, 1.807) is 0 Å².